The quantitative estimate of drug-likeness (QED) is 0.523. The summed E-state index contributed by atoms with van der Waals surface area (Å²) >= 11 is 11.6. The molecule has 0 spiro atoms. The number of alkyl halides is 8. The van der Waals surface area contributed by atoms with Crippen LogP contribution in [-0.2, 0) is 6.18 Å². The van der Waals surface area contributed by atoms with Crippen LogP contribution in [0.25, 0.3) is 5.69 Å². The predicted molar refractivity (Wildman–Crippen MR) is 92.2 cm³/mol. The smallest absolute Gasteiger partial charge is 0.418 e. The maximum Gasteiger partial charge on any atom is 0.418 e. The molecule has 0 saturated heterocycles. The molecule has 32 heavy (non-hydrogen) atoms. The molecule has 0 radical (unpaired) electrons. The highest BCUT2D eigenvalue weighted by molar-refractivity contribution is 6.38. The van der Waals surface area contributed by atoms with Gasteiger partial charge in [-0.1, -0.05) is 23.2 Å². The second-order valence-corrected chi connectivity index (χ2v) is 7.37. The first-order valence-electron chi connectivity index (χ1n) is 8.02. The Morgan fingerprint density at radius 1 is 1.16 bits per heavy atom. The van der Waals surface area contributed by atoms with Gasteiger partial charge in [0.2, 0.25) is 5.54 Å². The molecule has 172 valence electrons. The van der Waals surface area contributed by atoms with Crippen LogP contribution in [0.15, 0.2) is 18.2 Å². The number of rotatable bonds is 3. The van der Waals surface area contributed by atoms with Crippen molar-refractivity contribution in [3.8, 4) is 11.8 Å². The van der Waals surface area contributed by atoms with E-state index in [-0.39, 0.29) is 4.68 Å². The van der Waals surface area contributed by atoms with Gasteiger partial charge in [-0.25, -0.2) is 23.2 Å². The van der Waals surface area contributed by atoms with E-state index in [1.54, 1.807) is 0 Å². The number of nitriles is 1. The molecule has 1 saturated carbocycles. The van der Waals surface area contributed by atoms with Crippen LogP contribution in [-0.4, -0.2) is 38.6 Å². The first-order valence-corrected chi connectivity index (χ1v) is 8.78. The monoisotopic (exact) mass is 508 g/mol. The summed E-state index contributed by atoms with van der Waals surface area (Å²) < 4.78 is 108. The summed E-state index contributed by atoms with van der Waals surface area (Å²) in [5.74, 6) is -5.77. The van der Waals surface area contributed by atoms with Gasteiger partial charge < -0.3 is 5.11 Å². The average Bonchev–Trinajstić information content (AvgIpc) is 3.00. The van der Waals surface area contributed by atoms with Crippen molar-refractivity contribution in [3.63, 3.8) is 0 Å². The van der Waals surface area contributed by atoms with Crippen molar-refractivity contribution in [1.82, 2.24) is 9.78 Å². The minimum atomic E-state index is -5.77. The molecule has 16 heteroatoms. The second-order valence-electron chi connectivity index (χ2n) is 6.55. The molecular formula is C16H6Cl2F8N4O2. The van der Waals surface area contributed by atoms with E-state index in [0.717, 1.165) is 0 Å². The third-order valence-electron chi connectivity index (χ3n) is 4.59. The molecule has 6 nitrogen and oxygen atoms in total. The van der Waals surface area contributed by atoms with Gasteiger partial charge in [0, 0.05) is 6.07 Å². The molecule has 3 rings (SSSR count). The Morgan fingerprint density at radius 2 is 1.66 bits per heavy atom. The van der Waals surface area contributed by atoms with E-state index >= 15 is 0 Å². The van der Waals surface area contributed by atoms with Crippen LogP contribution >= 0.6 is 23.2 Å². The number of anilines is 1. The second kappa shape index (κ2) is 7.11. The molecule has 0 bridgehead atoms. The Labute approximate surface area is 182 Å². The lowest BCUT2D eigenvalue weighted by atomic mass is 10.2. The number of carboxylic acid groups (broad SMARTS) is 1. The Kier molecular flexibility index (Phi) is 5.30. The van der Waals surface area contributed by atoms with E-state index in [9.17, 15) is 45.0 Å². The SMILES string of the molecule is N#Cc1cc(N(C(=O)O)C2(C(F)(F)F)CC2(F)F)n(-c2c(Cl)cc(C(F)(F)F)cc2Cl)n1. The van der Waals surface area contributed by atoms with Gasteiger partial charge in [0.05, 0.1) is 22.0 Å². The first-order chi connectivity index (χ1) is 14.5. The van der Waals surface area contributed by atoms with Gasteiger partial charge in [0.1, 0.15) is 17.6 Å². The largest absolute Gasteiger partial charge is 0.465 e. The van der Waals surface area contributed by atoms with Gasteiger partial charge in [-0.3, -0.25) is 0 Å². The zero-order valence-electron chi connectivity index (χ0n) is 14.9. The number of hydrogen-bond donors (Lipinski definition) is 1. The number of aromatic nitrogens is 2. The van der Waals surface area contributed by atoms with Gasteiger partial charge in [0.15, 0.2) is 5.69 Å². The average molecular weight is 509 g/mol. The van der Waals surface area contributed by atoms with E-state index in [0.29, 0.717) is 18.2 Å². The topological polar surface area (TPSA) is 82.1 Å². The molecule has 1 amide bonds. The molecule has 1 aliphatic rings. The first kappa shape index (κ1) is 23.9. The molecule has 1 atom stereocenters. The molecule has 2 aromatic rings. The molecule has 1 aliphatic carbocycles. The molecule has 1 N–H and O–H groups in total. The minimum Gasteiger partial charge on any atom is -0.465 e. The Balaban J connectivity index is 2.31. The van der Waals surface area contributed by atoms with Gasteiger partial charge >= 0.3 is 18.4 Å². The van der Waals surface area contributed by atoms with Crippen LogP contribution in [0.4, 0.5) is 45.7 Å². The van der Waals surface area contributed by atoms with Crippen LogP contribution in [0.1, 0.15) is 17.7 Å². The maximum absolute atomic E-state index is 13.9. The maximum atomic E-state index is 13.9. The molecular weight excluding hydrogens is 503 g/mol. The summed E-state index contributed by atoms with van der Waals surface area (Å²) in [6, 6.07) is 2.43. The highest BCUT2D eigenvalue weighted by atomic mass is 35.5. The third-order valence-corrected chi connectivity index (χ3v) is 5.17. The number of nitrogens with zero attached hydrogens (tertiary/aromatic N) is 4. The number of carbonyl (C=O) groups is 1. The highest BCUT2D eigenvalue weighted by Crippen LogP contribution is 2.65. The van der Waals surface area contributed by atoms with Gasteiger partial charge in [-0.15, -0.1) is 0 Å². The number of halogens is 10. The van der Waals surface area contributed by atoms with Crippen LogP contribution < -0.4 is 4.90 Å². The van der Waals surface area contributed by atoms with Crippen molar-refractivity contribution >= 4 is 35.1 Å². The van der Waals surface area contributed by atoms with Gasteiger partial charge in [-0.05, 0) is 12.1 Å². The number of benzene rings is 1. The lowest BCUT2D eigenvalue weighted by molar-refractivity contribution is -0.177. The molecule has 1 heterocycles. The fourth-order valence-electron chi connectivity index (χ4n) is 3.09. The number of amides is 1. The molecule has 1 aromatic carbocycles. The summed E-state index contributed by atoms with van der Waals surface area (Å²) in [5.41, 5.74) is -7.08. The zero-order chi connectivity index (χ0) is 24.4. The predicted octanol–water partition coefficient (Wildman–Crippen LogP) is 5.89. The highest BCUT2D eigenvalue weighted by Gasteiger charge is 2.88. The van der Waals surface area contributed by atoms with Crippen molar-refractivity contribution in [3.05, 3.63) is 39.5 Å². The van der Waals surface area contributed by atoms with E-state index < -0.39 is 74.0 Å². The minimum absolute atomic E-state index is 0.194. The standard InChI is InChI=1S/C16H6Cl2F8N4O2/c17-8-1-6(15(21,22)23)2-9(18)11(8)30-10(3-7(4-27)28-30)29(12(31)32)13(16(24,25)26)5-14(13,19)20/h1-3H,5H2,(H,31,32). The van der Waals surface area contributed by atoms with E-state index in [1.807, 2.05) is 0 Å². The summed E-state index contributed by atoms with van der Waals surface area (Å²) in [5, 5.41) is 20.2. The molecule has 1 fully saturated rings. The van der Waals surface area contributed by atoms with Crippen molar-refractivity contribution in [2.24, 2.45) is 0 Å². The fraction of sp³-hybridized carbons (Fsp3) is 0.312. The van der Waals surface area contributed by atoms with E-state index in [4.69, 9.17) is 28.5 Å². The fourth-order valence-corrected chi connectivity index (χ4v) is 3.74. The lowest BCUT2D eigenvalue weighted by Crippen LogP contribution is -2.55. The summed E-state index contributed by atoms with van der Waals surface area (Å²) in [6.07, 6.45) is -15.1. The van der Waals surface area contributed by atoms with Crippen molar-refractivity contribution in [1.29, 1.82) is 5.26 Å². The Hall–Kier alpha value is -2.79. The molecule has 1 unspecified atom stereocenters. The lowest BCUT2D eigenvalue weighted by Gasteiger charge is -2.31. The Bertz CT molecular complexity index is 1130. The summed E-state index contributed by atoms with van der Waals surface area (Å²) in [6.45, 7) is 0. The van der Waals surface area contributed by atoms with Crippen LogP contribution in [0.5, 0.6) is 0 Å². The Morgan fingerprint density at radius 3 is 2.00 bits per heavy atom. The summed E-state index contributed by atoms with van der Waals surface area (Å²) in [4.78, 5) is 11.0. The van der Waals surface area contributed by atoms with Crippen molar-refractivity contribution < 1.29 is 45.0 Å². The zero-order valence-corrected chi connectivity index (χ0v) is 16.4. The summed E-state index contributed by atoms with van der Waals surface area (Å²) in [7, 11) is 0. The van der Waals surface area contributed by atoms with Gasteiger partial charge in [0.25, 0.3) is 5.92 Å². The third kappa shape index (κ3) is 3.49. The normalized spacial score (nSPS) is 20.0. The van der Waals surface area contributed by atoms with Crippen LogP contribution in [0.2, 0.25) is 10.0 Å². The van der Waals surface area contributed by atoms with E-state index in [1.165, 1.54) is 6.07 Å². The van der Waals surface area contributed by atoms with Crippen molar-refractivity contribution in [2.45, 2.75) is 30.2 Å². The van der Waals surface area contributed by atoms with Crippen LogP contribution in [0.3, 0.4) is 0 Å². The van der Waals surface area contributed by atoms with Crippen molar-refractivity contribution in [2.75, 3.05) is 4.90 Å². The number of hydrogen-bond acceptors (Lipinski definition) is 3. The molecule has 1 aromatic heterocycles. The van der Waals surface area contributed by atoms with Crippen LogP contribution in [0, 0.1) is 11.3 Å². The molecule has 0 aliphatic heterocycles. The van der Waals surface area contributed by atoms with E-state index in [2.05, 4.69) is 5.10 Å². The van der Waals surface area contributed by atoms with Gasteiger partial charge in [-0.2, -0.15) is 36.7 Å².